The Morgan fingerprint density at radius 2 is 2.04 bits per heavy atom. The first kappa shape index (κ1) is 16.8. The van der Waals surface area contributed by atoms with Crippen molar-refractivity contribution in [1.82, 2.24) is 19.9 Å². The zero-order valence-electron chi connectivity index (χ0n) is 14.6. The third-order valence-electron chi connectivity index (χ3n) is 4.95. The molecule has 0 spiro atoms. The van der Waals surface area contributed by atoms with Gasteiger partial charge in [0.15, 0.2) is 5.16 Å². The minimum atomic E-state index is 0.0398. The van der Waals surface area contributed by atoms with Gasteiger partial charge in [0, 0.05) is 0 Å². The van der Waals surface area contributed by atoms with Gasteiger partial charge in [0.2, 0.25) is 10.9 Å². The second-order valence-electron chi connectivity index (χ2n) is 6.67. The molecule has 0 saturated heterocycles. The highest BCUT2D eigenvalue weighted by Crippen LogP contribution is 2.31. The van der Waals surface area contributed by atoms with Crippen molar-refractivity contribution >= 4 is 44.2 Å². The fourth-order valence-corrected chi connectivity index (χ4v) is 5.50. The largest absolute Gasteiger partial charge is 0.349 e. The molecule has 0 saturated carbocycles. The number of aromatic nitrogens is 3. The van der Waals surface area contributed by atoms with E-state index in [1.54, 1.807) is 11.3 Å². The van der Waals surface area contributed by atoms with Crippen LogP contribution in [0.4, 0.5) is 0 Å². The first-order valence-electron chi connectivity index (χ1n) is 9.02. The maximum atomic E-state index is 12.6. The van der Waals surface area contributed by atoms with E-state index in [2.05, 4.69) is 45.8 Å². The first-order valence-corrected chi connectivity index (χ1v) is 10.8. The number of fused-ring (bicyclic) bond motifs is 4. The highest BCUT2D eigenvalue weighted by atomic mass is 32.2. The lowest BCUT2D eigenvalue weighted by Crippen LogP contribution is -2.32. The third kappa shape index (κ3) is 3.11. The smallest absolute Gasteiger partial charge is 0.230 e. The van der Waals surface area contributed by atoms with Gasteiger partial charge < -0.3 is 5.32 Å². The van der Waals surface area contributed by atoms with Crippen LogP contribution in [0.15, 0.2) is 53.7 Å². The van der Waals surface area contributed by atoms with Gasteiger partial charge in [-0.1, -0.05) is 59.5 Å². The van der Waals surface area contributed by atoms with E-state index < -0.39 is 0 Å². The highest BCUT2D eigenvalue weighted by Gasteiger charge is 2.22. The number of nitrogens with zero attached hydrogens (tertiary/aromatic N) is 3. The van der Waals surface area contributed by atoms with Crippen molar-refractivity contribution in [3.8, 4) is 0 Å². The fraction of sp³-hybridized carbons (Fsp3) is 0.250. The van der Waals surface area contributed by atoms with Crippen LogP contribution < -0.4 is 5.32 Å². The minimum absolute atomic E-state index is 0.0398. The van der Waals surface area contributed by atoms with Gasteiger partial charge in [-0.2, -0.15) is 0 Å². The van der Waals surface area contributed by atoms with Crippen molar-refractivity contribution < 1.29 is 4.79 Å². The van der Waals surface area contributed by atoms with E-state index in [9.17, 15) is 4.79 Å². The SMILES string of the molecule is O=C(CSc1nnc2sc3ccccc3n12)N[C@H]1CCCc2ccccc21. The number of nitrogens with one attached hydrogen (secondary N) is 1. The van der Waals surface area contributed by atoms with Crippen LogP contribution in [0.2, 0.25) is 0 Å². The average Bonchev–Trinajstić information content (AvgIpc) is 3.26. The maximum absolute atomic E-state index is 12.6. The quantitative estimate of drug-likeness (QED) is 0.526. The van der Waals surface area contributed by atoms with E-state index in [-0.39, 0.29) is 11.9 Å². The number of rotatable bonds is 4. The Balaban J connectivity index is 1.31. The lowest BCUT2D eigenvalue weighted by Gasteiger charge is -2.26. The summed E-state index contributed by atoms with van der Waals surface area (Å²) in [5.41, 5.74) is 3.70. The molecule has 2 aromatic heterocycles. The number of aryl methyl sites for hydroxylation is 1. The van der Waals surface area contributed by atoms with E-state index in [0.717, 1.165) is 34.9 Å². The molecule has 1 aliphatic carbocycles. The van der Waals surface area contributed by atoms with Crippen molar-refractivity contribution in [1.29, 1.82) is 0 Å². The molecule has 5 rings (SSSR count). The summed E-state index contributed by atoms with van der Waals surface area (Å²) in [7, 11) is 0. The Morgan fingerprint density at radius 3 is 3.00 bits per heavy atom. The summed E-state index contributed by atoms with van der Waals surface area (Å²) in [4.78, 5) is 13.4. The normalized spacial score (nSPS) is 16.5. The zero-order chi connectivity index (χ0) is 18.2. The zero-order valence-corrected chi connectivity index (χ0v) is 16.2. The van der Waals surface area contributed by atoms with Crippen LogP contribution in [0, 0.1) is 0 Å². The van der Waals surface area contributed by atoms with Gasteiger partial charge in [-0.15, -0.1) is 10.2 Å². The lowest BCUT2D eigenvalue weighted by atomic mass is 9.88. The molecule has 0 fully saturated rings. The highest BCUT2D eigenvalue weighted by molar-refractivity contribution is 7.99. The molecule has 2 heterocycles. The van der Waals surface area contributed by atoms with E-state index in [4.69, 9.17) is 0 Å². The molecule has 0 radical (unpaired) electrons. The van der Waals surface area contributed by atoms with E-state index in [1.807, 2.05) is 22.6 Å². The number of amides is 1. The lowest BCUT2D eigenvalue weighted by molar-refractivity contribution is -0.119. The van der Waals surface area contributed by atoms with Gasteiger partial charge >= 0.3 is 0 Å². The molecule has 4 aromatic rings. The molecular formula is C20H18N4OS2. The molecule has 27 heavy (non-hydrogen) atoms. The Hall–Kier alpha value is -2.38. The van der Waals surface area contributed by atoms with E-state index in [1.165, 1.54) is 27.6 Å². The van der Waals surface area contributed by atoms with Gasteiger partial charge in [-0.3, -0.25) is 9.20 Å². The number of thiazole rings is 1. The second kappa shape index (κ2) is 6.98. The predicted molar refractivity (Wildman–Crippen MR) is 109 cm³/mol. The molecule has 1 atom stereocenters. The number of carbonyl (C=O) groups is 1. The number of benzene rings is 2. The summed E-state index contributed by atoms with van der Waals surface area (Å²) in [6, 6.07) is 16.7. The average molecular weight is 395 g/mol. The van der Waals surface area contributed by atoms with E-state index in [0.29, 0.717) is 5.75 Å². The summed E-state index contributed by atoms with van der Waals surface area (Å²) in [5, 5.41) is 12.5. The molecule has 0 unspecified atom stereocenters. The molecule has 1 N–H and O–H groups in total. The van der Waals surface area contributed by atoms with Gasteiger partial charge in [0.1, 0.15) is 0 Å². The van der Waals surface area contributed by atoms with Crippen LogP contribution in [-0.2, 0) is 11.2 Å². The van der Waals surface area contributed by atoms with Crippen LogP contribution >= 0.6 is 23.1 Å². The molecule has 1 aliphatic rings. The second-order valence-corrected chi connectivity index (χ2v) is 8.62. The molecular weight excluding hydrogens is 376 g/mol. The fourth-order valence-electron chi connectivity index (χ4n) is 3.72. The summed E-state index contributed by atoms with van der Waals surface area (Å²) in [6.45, 7) is 0. The standard InChI is InChI=1S/C20H18N4OS2/c25-18(21-15-9-5-7-13-6-1-2-8-14(13)15)12-26-19-22-23-20-24(19)16-10-3-4-11-17(16)27-20/h1-4,6,8,10-11,15H,5,7,9,12H2,(H,21,25)/t15-/m0/s1. The van der Waals surface area contributed by atoms with Gasteiger partial charge in [-0.05, 0) is 42.5 Å². The molecule has 1 amide bonds. The Bertz CT molecular complexity index is 1130. The number of hydrogen-bond acceptors (Lipinski definition) is 5. The van der Waals surface area contributed by atoms with Gasteiger partial charge in [-0.25, -0.2) is 0 Å². The number of carbonyl (C=O) groups excluding carboxylic acids is 1. The maximum Gasteiger partial charge on any atom is 0.230 e. The number of thioether (sulfide) groups is 1. The Morgan fingerprint density at radius 1 is 1.19 bits per heavy atom. The van der Waals surface area contributed by atoms with Crippen LogP contribution in [0.5, 0.6) is 0 Å². The van der Waals surface area contributed by atoms with Crippen LogP contribution in [0.3, 0.4) is 0 Å². The molecule has 5 nitrogen and oxygen atoms in total. The van der Waals surface area contributed by atoms with Crippen molar-refractivity contribution in [2.24, 2.45) is 0 Å². The number of hydrogen-bond donors (Lipinski definition) is 1. The van der Waals surface area contributed by atoms with Crippen molar-refractivity contribution in [2.45, 2.75) is 30.5 Å². The van der Waals surface area contributed by atoms with Crippen molar-refractivity contribution in [2.75, 3.05) is 5.75 Å². The van der Waals surface area contributed by atoms with Gasteiger partial charge in [0.05, 0.1) is 22.0 Å². The number of para-hydroxylation sites is 1. The Kier molecular flexibility index (Phi) is 4.33. The van der Waals surface area contributed by atoms with Crippen LogP contribution in [0.1, 0.15) is 30.0 Å². The summed E-state index contributed by atoms with van der Waals surface area (Å²) >= 11 is 3.05. The minimum Gasteiger partial charge on any atom is -0.349 e. The first-order chi connectivity index (χ1) is 13.3. The van der Waals surface area contributed by atoms with Gasteiger partial charge in [0.25, 0.3) is 0 Å². The summed E-state index contributed by atoms with van der Waals surface area (Å²) < 4.78 is 3.21. The van der Waals surface area contributed by atoms with Crippen LogP contribution in [-0.4, -0.2) is 26.3 Å². The van der Waals surface area contributed by atoms with Crippen molar-refractivity contribution in [3.05, 3.63) is 59.7 Å². The summed E-state index contributed by atoms with van der Waals surface area (Å²) in [5.74, 6) is 0.377. The van der Waals surface area contributed by atoms with E-state index >= 15 is 0 Å². The molecule has 136 valence electrons. The Labute approximate surface area is 164 Å². The van der Waals surface area contributed by atoms with Crippen LogP contribution in [0.25, 0.3) is 15.2 Å². The van der Waals surface area contributed by atoms with Crippen molar-refractivity contribution in [3.63, 3.8) is 0 Å². The summed E-state index contributed by atoms with van der Waals surface area (Å²) in [6.07, 6.45) is 3.21. The molecule has 7 heteroatoms. The predicted octanol–water partition coefficient (Wildman–Crippen LogP) is 4.23. The monoisotopic (exact) mass is 394 g/mol. The molecule has 2 aromatic carbocycles. The molecule has 0 aliphatic heterocycles. The molecule has 0 bridgehead atoms. The third-order valence-corrected chi connectivity index (χ3v) is 6.89. The topological polar surface area (TPSA) is 59.3 Å².